The standard InChI is InChI=1S/C62H48N2/c1-42-15-5-6-18-51(42)56-22-10-14-26-61(56)63-47-33-27-44(28-34-47)46-31-37-49(38-32-46)64(48-35-29-45(30-36-48)43-16-3-2-4-17-43)50-39-40-55-54-21-9-13-25-59(54)62(60(55)41-50)57-23-11-7-19-52(57)53-20-8-12-24-58(53)62/h2-11,13-23,25-42,51,63H,12,24H2,1H3. The largest absolute Gasteiger partial charge is 0.355 e. The lowest BCUT2D eigenvalue weighted by atomic mass is 9.68. The average molecular weight is 821 g/mol. The predicted octanol–water partition coefficient (Wildman–Crippen LogP) is 16.5. The van der Waals surface area contributed by atoms with Gasteiger partial charge < -0.3 is 10.2 Å². The highest BCUT2D eigenvalue weighted by atomic mass is 15.1. The Morgan fingerprint density at radius 2 is 1.06 bits per heavy atom. The minimum absolute atomic E-state index is 0.336. The first-order valence-corrected chi connectivity index (χ1v) is 22.8. The third kappa shape index (κ3) is 6.16. The molecule has 0 amide bonds. The number of benzene rings is 8. The summed E-state index contributed by atoms with van der Waals surface area (Å²) in [5.41, 5.74) is 22.5. The van der Waals surface area contributed by atoms with E-state index < -0.39 is 0 Å². The molecule has 0 fully saturated rings. The molecule has 0 radical (unpaired) electrons. The van der Waals surface area contributed by atoms with E-state index in [2.05, 4.69) is 248 Å². The van der Waals surface area contributed by atoms with E-state index in [0.29, 0.717) is 11.8 Å². The summed E-state index contributed by atoms with van der Waals surface area (Å²) in [6.07, 6.45) is 15.8. The highest BCUT2D eigenvalue weighted by Crippen LogP contribution is 2.64. The Bertz CT molecular complexity index is 3180. The highest BCUT2D eigenvalue weighted by Gasteiger charge is 2.52. The molecule has 8 aromatic carbocycles. The van der Waals surface area contributed by atoms with Gasteiger partial charge in [0.05, 0.1) is 5.41 Å². The summed E-state index contributed by atoms with van der Waals surface area (Å²) in [6.45, 7) is 2.29. The average Bonchev–Trinajstić information content (AvgIpc) is 3.83. The summed E-state index contributed by atoms with van der Waals surface area (Å²) in [5, 5.41) is 3.74. The second kappa shape index (κ2) is 15.6. The van der Waals surface area contributed by atoms with Crippen molar-refractivity contribution in [2.45, 2.75) is 31.1 Å². The van der Waals surface area contributed by atoms with Crippen LogP contribution in [0.5, 0.6) is 0 Å². The van der Waals surface area contributed by atoms with Gasteiger partial charge in [0, 0.05) is 34.4 Å². The van der Waals surface area contributed by atoms with Gasteiger partial charge in [-0.3, -0.25) is 0 Å². The summed E-state index contributed by atoms with van der Waals surface area (Å²) < 4.78 is 0. The van der Waals surface area contributed by atoms with Crippen LogP contribution in [0.1, 0.15) is 53.5 Å². The van der Waals surface area contributed by atoms with E-state index >= 15 is 0 Å². The Kier molecular flexibility index (Phi) is 9.26. The number of hydrogen-bond acceptors (Lipinski definition) is 2. The Morgan fingerprint density at radius 1 is 0.500 bits per heavy atom. The lowest BCUT2D eigenvalue weighted by Crippen LogP contribution is -2.28. The summed E-state index contributed by atoms with van der Waals surface area (Å²) in [5.74, 6) is 0.797. The topological polar surface area (TPSA) is 15.3 Å². The fraction of sp³-hybridized carbons (Fsp3) is 0.0968. The minimum Gasteiger partial charge on any atom is -0.355 e. The molecule has 12 rings (SSSR count). The zero-order valence-electron chi connectivity index (χ0n) is 36.0. The van der Waals surface area contributed by atoms with Crippen molar-refractivity contribution < 1.29 is 0 Å². The molecule has 4 aliphatic rings. The lowest BCUT2D eigenvalue weighted by molar-refractivity contribution is 0.636. The van der Waals surface area contributed by atoms with Crippen molar-refractivity contribution >= 4 is 34.0 Å². The number of nitrogens with one attached hydrogen (secondary N) is 1. The fourth-order valence-electron chi connectivity index (χ4n) is 11.1. The molecule has 0 saturated heterocycles. The number of hydrogen-bond donors (Lipinski definition) is 1. The van der Waals surface area contributed by atoms with Crippen molar-refractivity contribution in [2.75, 3.05) is 10.2 Å². The highest BCUT2D eigenvalue weighted by molar-refractivity contribution is 5.98. The molecule has 2 nitrogen and oxygen atoms in total. The molecule has 0 saturated carbocycles. The molecule has 2 heteroatoms. The van der Waals surface area contributed by atoms with Crippen LogP contribution in [-0.2, 0) is 5.41 Å². The van der Waals surface area contributed by atoms with Crippen molar-refractivity contribution in [3.63, 3.8) is 0 Å². The van der Waals surface area contributed by atoms with Crippen molar-refractivity contribution in [1.29, 1.82) is 0 Å². The second-order valence-electron chi connectivity index (χ2n) is 17.6. The number of nitrogens with zero attached hydrogens (tertiary/aromatic N) is 1. The minimum atomic E-state index is -0.336. The molecule has 0 aliphatic heterocycles. The molecule has 64 heavy (non-hydrogen) atoms. The molecule has 0 aromatic heterocycles. The van der Waals surface area contributed by atoms with Crippen LogP contribution in [0.4, 0.5) is 28.4 Å². The van der Waals surface area contributed by atoms with Crippen LogP contribution in [0, 0.1) is 5.92 Å². The summed E-state index contributed by atoms with van der Waals surface area (Å²) >= 11 is 0. The van der Waals surface area contributed by atoms with Gasteiger partial charge in [-0.25, -0.2) is 0 Å². The van der Waals surface area contributed by atoms with Crippen LogP contribution < -0.4 is 10.2 Å². The predicted molar refractivity (Wildman–Crippen MR) is 269 cm³/mol. The van der Waals surface area contributed by atoms with E-state index in [1.807, 2.05) is 0 Å². The molecule has 0 heterocycles. The Morgan fingerprint density at radius 3 is 1.78 bits per heavy atom. The van der Waals surface area contributed by atoms with E-state index in [4.69, 9.17) is 0 Å². The number of allylic oxidation sites excluding steroid dienone is 8. The SMILES string of the molecule is CC1C=CC=CC1c1ccccc1Nc1ccc(-c2ccc(N(c3ccc(-c4ccccc4)cc3)c3ccc4c(c3)C3(C5=C(C=CCC5)c5ccccc53)c3ccccc3-4)cc2)cc1. The molecule has 8 aromatic rings. The molecule has 1 spiro atoms. The van der Waals surface area contributed by atoms with Crippen LogP contribution in [0.15, 0.2) is 236 Å². The van der Waals surface area contributed by atoms with Crippen molar-refractivity contribution in [1.82, 2.24) is 0 Å². The van der Waals surface area contributed by atoms with Gasteiger partial charge in [0.1, 0.15) is 0 Å². The first-order valence-electron chi connectivity index (χ1n) is 22.8. The van der Waals surface area contributed by atoms with Gasteiger partial charge >= 0.3 is 0 Å². The van der Waals surface area contributed by atoms with E-state index in [9.17, 15) is 0 Å². The molecule has 0 bridgehead atoms. The normalized spacial score (nSPS) is 18.7. The molecule has 306 valence electrons. The van der Waals surface area contributed by atoms with Crippen molar-refractivity contribution in [3.05, 3.63) is 264 Å². The number of rotatable bonds is 8. The van der Waals surface area contributed by atoms with Crippen LogP contribution >= 0.6 is 0 Å². The number of para-hydroxylation sites is 1. The zero-order chi connectivity index (χ0) is 42.6. The van der Waals surface area contributed by atoms with Crippen LogP contribution in [0.25, 0.3) is 39.0 Å². The maximum atomic E-state index is 3.74. The van der Waals surface area contributed by atoms with Gasteiger partial charge in [-0.2, -0.15) is 0 Å². The van der Waals surface area contributed by atoms with Crippen LogP contribution in [0.3, 0.4) is 0 Å². The summed E-state index contributed by atoms with van der Waals surface area (Å²) in [4.78, 5) is 2.44. The molecule has 4 aliphatic carbocycles. The maximum absolute atomic E-state index is 3.74. The van der Waals surface area contributed by atoms with Gasteiger partial charge in [-0.05, 0) is 146 Å². The Labute approximate surface area is 376 Å². The first kappa shape index (κ1) is 38.0. The molecule has 3 atom stereocenters. The smallest absolute Gasteiger partial charge is 0.0689 e. The van der Waals surface area contributed by atoms with Gasteiger partial charge in [-0.1, -0.05) is 183 Å². The maximum Gasteiger partial charge on any atom is 0.0689 e. The van der Waals surface area contributed by atoms with E-state index in [1.165, 1.54) is 72.3 Å². The quantitative estimate of drug-likeness (QED) is 0.164. The molecule has 1 N–H and O–H groups in total. The van der Waals surface area contributed by atoms with Crippen LogP contribution in [-0.4, -0.2) is 0 Å². The van der Waals surface area contributed by atoms with E-state index in [-0.39, 0.29) is 5.41 Å². The Hall–Kier alpha value is -7.68. The lowest BCUT2D eigenvalue weighted by Gasteiger charge is -2.34. The monoisotopic (exact) mass is 820 g/mol. The van der Waals surface area contributed by atoms with Crippen LogP contribution in [0.2, 0.25) is 0 Å². The molecular formula is C62H48N2. The summed E-state index contributed by atoms with van der Waals surface area (Å²) in [7, 11) is 0. The van der Waals surface area contributed by atoms with Crippen molar-refractivity contribution in [3.8, 4) is 33.4 Å². The second-order valence-corrected chi connectivity index (χ2v) is 17.6. The van der Waals surface area contributed by atoms with Crippen molar-refractivity contribution in [2.24, 2.45) is 5.92 Å². The number of anilines is 5. The first-order chi connectivity index (χ1) is 31.6. The molecular weight excluding hydrogens is 773 g/mol. The third-order valence-electron chi connectivity index (χ3n) is 14.1. The molecule has 3 unspecified atom stereocenters. The number of fused-ring (bicyclic) bond motifs is 9. The summed E-state index contributed by atoms with van der Waals surface area (Å²) in [6, 6.07) is 71.9. The van der Waals surface area contributed by atoms with E-state index in [0.717, 1.165) is 41.3 Å². The third-order valence-corrected chi connectivity index (χ3v) is 14.1. The van der Waals surface area contributed by atoms with E-state index in [1.54, 1.807) is 0 Å². The van der Waals surface area contributed by atoms with Gasteiger partial charge in [-0.15, -0.1) is 0 Å². The fourth-order valence-corrected chi connectivity index (χ4v) is 11.1. The zero-order valence-corrected chi connectivity index (χ0v) is 36.0. The van der Waals surface area contributed by atoms with Gasteiger partial charge in [0.2, 0.25) is 0 Å². The Balaban J connectivity index is 0.928. The van der Waals surface area contributed by atoms with Gasteiger partial charge in [0.25, 0.3) is 0 Å². The van der Waals surface area contributed by atoms with Gasteiger partial charge in [0.15, 0.2) is 0 Å².